The molecule has 2 aliphatic heterocycles. The number of likely N-dealkylation sites (tertiary alicyclic amines) is 1. The molecule has 1 aromatic carbocycles. The number of fused-ring (bicyclic) bond motifs is 2. The summed E-state index contributed by atoms with van der Waals surface area (Å²) in [4.78, 5) is 24.2. The van der Waals surface area contributed by atoms with Gasteiger partial charge in [0.25, 0.3) is 0 Å². The first-order chi connectivity index (χ1) is 13.7. The molecular weight excluding hydrogens is 350 g/mol. The van der Waals surface area contributed by atoms with E-state index in [-0.39, 0.29) is 5.60 Å². The highest BCUT2D eigenvalue weighted by Crippen LogP contribution is 2.41. The summed E-state index contributed by atoms with van der Waals surface area (Å²) in [5.41, 5.74) is 2.89. The highest BCUT2D eigenvalue weighted by molar-refractivity contribution is 5.76. The zero-order valence-electron chi connectivity index (χ0n) is 16.3. The Morgan fingerprint density at radius 3 is 2.68 bits per heavy atom. The van der Waals surface area contributed by atoms with Crippen molar-refractivity contribution in [1.82, 2.24) is 14.9 Å². The van der Waals surface area contributed by atoms with E-state index in [1.54, 1.807) is 0 Å². The van der Waals surface area contributed by atoms with E-state index in [2.05, 4.69) is 4.98 Å². The van der Waals surface area contributed by atoms with Crippen LogP contribution >= 0.6 is 0 Å². The first kappa shape index (κ1) is 17.8. The lowest BCUT2D eigenvalue weighted by atomic mass is 9.81. The summed E-state index contributed by atoms with van der Waals surface area (Å²) in [5, 5.41) is 0. The molecular formula is C23H27N3O2. The zero-order chi connectivity index (χ0) is 19.0. The molecule has 1 amide bonds. The number of ether oxygens (including phenoxy) is 1. The first-order valence-electron chi connectivity index (χ1n) is 10.6. The van der Waals surface area contributed by atoms with Crippen molar-refractivity contribution in [2.45, 2.75) is 50.5 Å². The van der Waals surface area contributed by atoms with E-state index in [1.807, 2.05) is 41.4 Å². The molecule has 5 nitrogen and oxygen atoms in total. The van der Waals surface area contributed by atoms with Gasteiger partial charge in [-0.2, -0.15) is 0 Å². The Hall–Kier alpha value is -2.27. The molecule has 28 heavy (non-hydrogen) atoms. The number of hydrogen-bond acceptors (Lipinski definition) is 4. The summed E-state index contributed by atoms with van der Waals surface area (Å²) in [6.07, 6.45) is 8.93. The van der Waals surface area contributed by atoms with Crippen molar-refractivity contribution >= 4 is 5.91 Å². The SMILES string of the molecule is O=C(CC1CCC1)N1CCC2(CC1)OCCc1cnc(-c3ccccc3)nc12. The fraction of sp³-hybridized carbons (Fsp3) is 0.522. The van der Waals surface area contributed by atoms with Crippen molar-refractivity contribution in [1.29, 1.82) is 0 Å². The molecule has 1 aromatic heterocycles. The van der Waals surface area contributed by atoms with Crippen LogP contribution in [0.4, 0.5) is 0 Å². The molecule has 1 aliphatic carbocycles. The molecule has 0 unspecified atom stereocenters. The predicted molar refractivity (Wildman–Crippen MR) is 107 cm³/mol. The van der Waals surface area contributed by atoms with Gasteiger partial charge in [0.05, 0.1) is 12.3 Å². The van der Waals surface area contributed by atoms with Gasteiger partial charge in [-0.25, -0.2) is 9.97 Å². The third-order valence-electron chi connectivity index (χ3n) is 6.69. The van der Waals surface area contributed by atoms with Gasteiger partial charge in [-0.05, 0) is 43.6 Å². The van der Waals surface area contributed by atoms with Crippen LogP contribution in [0.1, 0.15) is 49.8 Å². The molecule has 2 fully saturated rings. The second-order valence-electron chi connectivity index (χ2n) is 8.41. The quantitative estimate of drug-likeness (QED) is 0.818. The fourth-order valence-corrected chi connectivity index (χ4v) is 4.71. The van der Waals surface area contributed by atoms with E-state index >= 15 is 0 Å². The van der Waals surface area contributed by atoms with Gasteiger partial charge in [-0.15, -0.1) is 0 Å². The number of amides is 1. The van der Waals surface area contributed by atoms with Crippen LogP contribution in [0.3, 0.4) is 0 Å². The number of nitrogens with zero attached hydrogens (tertiary/aromatic N) is 3. The summed E-state index contributed by atoms with van der Waals surface area (Å²) in [5.74, 6) is 1.70. The third-order valence-corrected chi connectivity index (χ3v) is 6.69. The van der Waals surface area contributed by atoms with Gasteiger partial charge in [0.2, 0.25) is 5.91 Å². The van der Waals surface area contributed by atoms with Crippen molar-refractivity contribution in [3.05, 3.63) is 47.8 Å². The van der Waals surface area contributed by atoms with Crippen LogP contribution in [0.2, 0.25) is 0 Å². The van der Waals surface area contributed by atoms with E-state index in [0.717, 1.165) is 55.9 Å². The lowest BCUT2D eigenvalue weighted by molar-refractivity contribution is -0.142. The number of rotatable bonds is 3. The monoisotopic (exact) mass is 377 g/mol. The molecule has 1 saturated carbocycles. The first-order valence-corrected chi connectivity index (χ1v) is 10.6. The van der Waals surface area contributed by atoms with Crippen LogP contribution in [0.5, 0.6) is 0 Å². The average molecular weight is 377 g/mol. The second kappa shape index (κ2) is 7.28. The molecule has 1 saturated heterocycles. The summed E-state index contributed by atoms with van der Waals surface area (Å²) in [6.45, 7) is 2.22. The topological polar surface area (TPSA) is 55.3 Å². The largest absolute Gasteiger partial charge is 0.368 e. The molecule has 3 aliphatic rings. The van der Waals surface area contributed by atoms with Crippen LogP contribution in [0, 0.1) is 5.92 Å². The molecule has 3 heterocycles. The molecule has 5 rings (SSSR count). The number of carbonyl (C=O) groups is 1. The average Bonchev–Trinajstić information content (AvgIpc) is 2.72. The van der Waals surface area contributed by atoms with Crippen molar-refractivity contribution in [2.24, 2.45) is 5.92 Å². The third kappa shape index (κ3) is 3.22. The minimum absolute atomic E-state index is 0.322. The van der Waals surface area contributed by atoms with Crippen LogP contribution in [0.25, 0.3) is 11.4 Å². The Kier molecular flexibility index (Phi) is 4.63. The lowest BCUT2D eigenvalue weighted by Crippen LogP contribution is -2.49. The summed E-state index contributed by atoms with van der Waals surface area (Å²) >= 11 is 0. The maximum atomic E-state index is 12.6. The number of carbonyl (C=O) groups excluding carboxylic acids is 1. The van der Waals surface area contributed by atoms with E-state index in [0.29, 0.717) is 18.4 Å². The Balaban J connectivity index is 1.36. The number of benzene rings is 1. The number of aromatic nitrogens is 2. The van der Waals surface area contributed by atoms with Gasteiger partial charge in [0.1, 0.15) is 5.60 Å². The van der Waals surface area contributed by atoms with Crippen molar-refractivity contribution < 1.29 is 9.53 Å². The Labute approximate surface area is 166 Å². The van der Waals surface area contributed by atoms with E-state index in [9.17, 15) is 4.79 Å². The highest BCUT2D eigenvalue weighted by Gasteiger charge is 2.43. The zero-order valence-corrected chi connectivity index (χ0v) is 16.3. The normalized spacial score (nSPS) is 21.2. The Morgan fingerprint density at radius 1 is 1.18 bits per heavy atom. The lowest BCUT2D eigenvalue weighted by Gasteiger charge is -2.44. The van der Waals surface area contributed by atoms with E-state index < -0.39 is 0 Å². The maximum Gasteiger partial charge on any atom is 0.222 e. The van der Waals surface area contributed by atoms with Crippen molar-refractivity contribution in [2.75, 3.05) is 19.7 Å². The predicted octanol–water partition coefficient (Wildman–Crippen LogP) is 3.72. The summed E-state index contributed by atoms with van der Waals surface area (Å²) in [6, 6.07) is 10.1. The van der Waals surface area contributed by atoms with Crippen LogP contribution in [-0.2, 0) is 21.6 Å². The van der Waals surface area contributed by atoms with Crippen molar-refractivity contribution in [3.8, 4) is 11.4 Å². The van der Waals surface area contributed by atoms with Gasteiger partial charge in [-0.3, -0.25) is 4.79 Å². The minimum atomic E-state index is -0.368. The number of piperidine rings is 1. The Bertz CT molecular complexity index is 855. The molecule has 0 bridgehead atoms. The molecule has 0 N–H and O–H groups in total. The molecule has 0 atom stereocenters. The van der Waals surface area contributed by atoms with Gasteiger partial charge in [-0.1, -0.05) is 36.8 Å². The number of hydrogen-bond donors (Lipinski definition) is 0. The van der Waals surface area contributed by atoms with Crippen LogP contribution < -0.4 is 0 Å². The standard InChI is InChI=1S/C23H27N3O2/c27-20(15-17-5-4-6-17)26-12-10-23(11-13-26)21-19(9-14-28-23)16-24-22(25-21)18-7-2-1-3-8-18/h1-3,7-8,16-17H,4-6,9-15H2. The van der Waals surface area contributed by atoms with Crippen molar-refractivity contribution in [3.63, 3.8) is 0 Å². The maximum absolute atomic E-state index is 12.6. The highest BCUT2D eigenvalue weighted by atomic mass is 16.5. The molecule has 5 heteroatoms. The minimum Gasteiger partial charge on any atom is -0.368 e. The van der Waals surface area contributed by atoms with Gasteiger partial charge in [0, 0.05) is 31.3 Å². The molecule has 1 spiro atoms. The van der Waals surface area contributed by atoms with Gasteiger partial charge >= 0.3 is 0 Å². The smallest absolute Gasteiger partial charge is 0.222 e. The summed E-state index contributed by atoms with van der Waals surface area (Å²) < 4.78 is 6.34. The summed E-state index contributed by atoms with van der Waals surface area (Å²) in [7, 11) is 0. The van der Waals surface area contributed by atoms with Crippen LogP contribution in [0.15, 0.2) is 36.5 Å². The molecule has 146 valence electrons. The second-order valence-corrected chi connectivity index (χ2v) is 8.41. The van der Waals surface area contributed by atoms with E-state index in [1.165, 1.54) is 24.8 Å². The van der Waals surface area contributed by atoms with Crippen LogP contribution in [-0.4, -0.2) is 40.5 Å². The van der Waals surface area contributed by atoms with Gasteiger partial charge < -0.3 is 9.64 Å². The van der Waals surface area contributed by atoms with Gasteiger partial charge in [0.15, 0.2) is 5.82 Å². The molecule has 2 aromatic rings. The molecule has 0 radical (unpaired) electrons. The fourth-order valence-electron chi connectivity index (χ4n) is 4.71. The Morgan fingerprint density at radius 2 is 1.96 bits per heavy atom. The van der Waals surface area contributed by atoms with E-state index in [4.69, 9.17) is 9.72 Å².